The molecule has 1 aromatic heterocycles. The molecule has 0 aromatic carbocycles. The van der Waals surface area contributed by atoms with E-state index in [1.165, 1.54) is 0 Å². The summed E-state index contributed by atoms with van der Waals surface area (Å²) < 4.78 is 5.57. The second-order valence-corrected chi connectivity index (χ2v) is 7.74. The third-order valence-electron chi connectivity index (χ3n) is 2.48. The van der Waals surface area contributed by atoms with Gasteiger partial charge in [0.2, 0.25) is 5.89 Å². The number of nitrogens with zero attached hydrogens (tertiary/aromatic N) is 2. The van der Waals surface area contributed by atoms with Crippen molar-refractivity contribution in [2.75, 3.05) is 12.3 Å². The first-order chi connectivity index (χ1) is 8.29. The summed E-state index contributed by atoms with van der Waals surface area (Å²) in [6.07, 6.45) is 0. The van der Waals surface area contributed by atoms with Crippen molar-refractivity contribution in [2.24, 2.45) is 5.92 Å². The maximum atomic E-state index is 5.26. The van der Waals surface area contributed by atoms with Crippen LogP contribution in [0, 0.1) is 12.8 Å². The number of hydrogen-bond donors (Lipinski definition) is 1. The SMILES string of the molecule is Cc1noc([C@@H](NCCSC(C)(C)C)C(C)C)n1. The van der Waals surface area contributed by atoms with Crippen LogP contribution >= 0.6 is 11.8 Å². The Morgan fingerprint density at radius 3 is 2.44 bits per heavy atom. The van der Waals surface area contributed by atoms with E-state index >= 15 is 0 Å². The summed E-state index contributed by atoms with van der Waals surface area (Å²) in [6.45, 7) is 13.8. The van der Waals surface area contributed by atoms with Crippen LogP contribution in [0.15, 0.2) is 4.52 Å². The van der Waals surface area contributed by atoms with Gasteiger partial charge in [0.1, 0.15) is 0 Å². The van der Waals surface area contributed by atoms with Crippen molar-refractivity contribution in [3.05, 3.63) is 11.7 Å². The van der Waals surface area contributed by atoms with Gasteiger partial charge in [-0.2, -0.15) is 16.7 Å². The zero-order valence-corrected chi connectivity index (χ0v) is 13.1. The Kier molecular flexibility index (Phi) is 5.66. The van der Waals surface area contributed by atoms with Crippen LogP contribution in [0.3, 0.4) is 0 Å². The first-order valence-electron chi connectivity index (χ1n) is 6.47. The molecule has 0 aliphatic rings. The molecule has 0 saturated carbocycles. The van der Waals surface area contributed by atoms with Crippen LogP contribution in [-0.2, 0) is 0 Å². The molecule has 1 heterocycles. The molecular weight excluding hydrogens is 246 g/mol. The molecule has 1 N–H and O–H groups in total. The number of nitrogens with one attached hydrogen (secondary N) is 1. The van der Waals surface area contributed by atoms with Gasteiger partial charge in [-0.15, -0.1) is 0 Å². The van der Waals surface area contributed by atoms with E-state index in [1.54, 1.807) is 0 Å². The van der Waals surface area contributed by atoms with E-state index in [0.29, 0.717) is 22.4 Å². The van der Waals surface area contributed by atoms with Gasteiger partial charge in [-0.3, -0.25) is 0 Å². The van der Waals surface area contributed by atoms with Crippen LogP contribution in [0.1, 0.15) is 52.4 Å². The Morgan fingerprint density at radius 1 is 1.33 bits per heavy atom. The van der Waals surface area contributed by atoms with E-state index in [4.69, 9.17) is 4.52 Å². The molecule has 18 heavy (non-hydrogen) atoms. The van der Waals surface area contributed by atoms with Gasteiger partial charge in [-0.25, -0.2) is 0 Å². The lowest BCUT2D eigenvalue weighted by Crippen LogP contribution is -2.29. The molecule has 0 amide bonds. The number of aryl methyl sites for hydroxylation is 1. The molecule has 0 fully saturated rings. The average molecular weight is 271 g/mol. The lowest BCUT2D eigenvalue weighted by molar-refractivity contribution is 0.291. The van der Waals surface area contributed by atoms with Crippen molar-refractivity contribution in [3.8, 4) is 0 Å². The minimum absolute atomic E-state index is 0.145. The summed E-state index contributed by atoms with van der Waals surface area (Å²) in [6, 6.07) is 0.145. The molecule has 0 bridgehead atoms. The molecule has 104 valence electrons. The van der Waals surface area contributed by atoms with E-state index in [-0.39, 0.29) is 6.04 Å². The van der Waals surface area contributed by atoms with Crippen molar-refractivity contribution >= 4 is 11.8 Å². The van der Waals surface area contributed by atoms with Crippen molar-refractivity contribution in [2.45, 2.75) is 52.3 Å². The van der Waals surface area contributed by atoms with Crippen LogP contribution in [0.4, 0.5) is 0 Å². The highest BCUT2D eigenvalue weighted by atomic mass is 32.2. The summed E-state index contributed by atoms with van der Waals surface area (Å²) in [7, 11) is 0. The number of rotatable bonds is 6. The summed E-state index contributed by atoms with van der Waals surface area (Å²) in [4.78, 5) is 4.31. The molecule has 1 aromatic rings. The molecule has 0 aliphatic carbocycles. The van der Waals surface area contributed by atoms with Crippen LogP contribution in [0.25, 0.3) is 0 Å². The highest BCUT2D eigenvalue weighted by molar-refractivity contribution is 8.00. The van der Waals surface area contributed by atoms with Gasteiger partial charge in [0.15, 0.2) is 5.82 Å². The topological polar surface area (TPSA) is 51.0 Å². The van der Waals surface area contributed by atoms with E-state index in [2.05, 4.69) is 50.1 Å². The zero-order chi connectivity index (χ0) is 13.8. The van der Waals surface area contributed by atoms with Crippen molar-refractivity contribution in [1.82, 2.24) is 15.5 Å². The standard InChI is InChI=1S/C13H25N3OS/c1-9(2)11(12-15-10(3)16-17-12)14-7-8-18-13(4,5)6/h9,11,14H,7-8H2,1-6H3/t11-/m0/s1. The van der Waals surface area contributed by atoms with Gasteiger partial charge in [0.25, 0.3) is 0 Å². The monoisotopic (exact) mass is 271 g/mol. The van der Waals surface area contributed by atoms with Crippen molar-refractivity contribution in [1.29, 1.82) is 0 Å². The predicted molar refractivity (Wildman–Crippen MR) is 76.8 cm³/mol. The van der Waals surface area contributed by atoms with Crippen molar-refractivity contribution in [3.63, 3.8) is 0 Å². The van der Waals surface area contributed by atoms with Crippen LogP contribution in [0.2, 0.25) is 0 Å². The maximum absolute atomic E-state index is 5.26. The molecular formula is C13H25N3OS. The fraction of sp³-hybridized carbons (Fsp3) is 0.846. The highest BCUT2D eigenvalue weighted by Gasteiger charge is 2.21. The van der Waals surface area contributed by atoms with Gasteiger partial charge in [-0.05, 0) is 12.8 Å². The smallest absolute Gasteiger partial charge is 0.244 e. The van der Waals surface area contributed by atoms with Gasteiger partial charge in [0.05, 0.1) is 6.04 Å². The molecule has 1 atom stereocenters. The summed E-state index contributed by atoms with van der Waals surface area (Å²) in [5.74, 6) is 2.91. The van der Waals surface area contributed by atoms with Crippen LogP contribution < -0.4 is 5.32 Å². The van der Waals surface area contributed by atoms with Crippen LogP contribution in [-0.4, -0.2) is 27.2 Å². The second-order valence-electron chi connectivity index (χ2n) is 5.82. The lowest BCUT2D eigenvalue weighted by atomic mass is 10.0. The zero-order valence-electron chi connectivity index (χ0n) is 12.3. The largest absolute Gasteiger partial charge is 0.338 e. The van der Waals surface area contributed by atoms with Gasteiger partial charge < -0.3 is 9.84 Å². The molecule has 0 aliphatic heterocycles. The highest BCUT2D eigenvalue weighted by Crippen LogP contribution is 2.23. The minimum Gasteiger partial charge on any atom is -0.338 e. The molecule has 4 nitrogen and oxygen atoms in total. The maximum Gasteiger partial charge on any atom is 0.244 e. The molecule has 0 radical (unpaired) electrons. The summed E-state index contributed by atoms with van der Waals surface area (Å²) in [5.41, 5.74) is 0. The first-order valence-corrected chi connectivity index (χ1v) is 7.45. The normalized spacial score (nSPS) is 14.2. The Hall–Kier alpha value is -0.550. The summed E-state index contributed by atoms with van der Waals surface area (Å²) in [5, 5.41) is 7.36. The van der Waals surface area contributed by atoms with Crippen LogP contribution in [0.5, 0.6) is 0 Å². The van der Waals surface area contributed by atoms with Crippen molar-refractivity contribution < 1.29 is 4.52 Å². The van der Waals surface area contributed by atoms with E-state index in [9.17, 15) is 0 Å². The minimum atomic E-state index is 0.145. The van der Waals surface area contributed by atoms with E-state index in [1.807, 2.05) is 18.7 Å². The second kappa shape index (κ2) is 6.57. The van der Waals surface area contributed by atoms with Gasteiger partial charge >= 0.3 is 0 Å². The first kappa shape index (κ1) is 15.5. The number of aromatic nitrogens is 2. The van der Waals surface area contributed by atoms with E-state index < -0.39 is 0 Å². The van der Waals surface area contributed by atoms with E-state index in [0.717, 1.165) is 12.3 Å². The number of hydrogen-bond acceptors (Lipinski definition) is 5. The average Bonchev–Trinajstić information content (AvgIpc) is 2.62. The Balaban J connectivity index is 2.45. The fourth-order valence-electron chi connectivity index (χ4n) is 1.62. The predicted octanol–water partition coefficient (Wildman–Crippen LogP) is 3.20. The Morgan fingerprint density at radius 2 is 2.00 bits per heavy atom. The van der Waals surface area contributed by atoms with Gasteiger partial charge in [-0.1, -0.05) is 39.8 Å². The molecule has 0 spiro atoms. The van der Waals surface area contributed by atoms with Gasteiger partial charge in [0, 0.05) is 17.0 Å². The molecule has 5 heteroatoms. The Labute approximate surface area is 114 Å². The fourth-order valence-corrected chi connectivity index (χ4v) is 2.45. The number of thioether (sulfide) groups is 1. The molecule has 1 rings (SSSR count). The lowest BCUT2D eigenvalue weighted by Gasteiger charge is -2.21. The molecule has 0 unspecified atom stereocenters. The Bertz CT molecular complexity index is 357. The third kappa shape index (κ3) is 5.40. The molecule has 0 saturated heterocycles. The third-order valence-corrected chi connectivity index (χ3v) is 3.75. The summed E-state index contributed by atoms with van der Waals surface area (Å²) >= 11 is 1.96. The quantitative estimate of drug-likeness (QED) is 0.805.